The Morgan fingerprint density at radius 2 is 2.10 bits per heavy atom. The van der Waals surface area contributed by atoms with E-state index < -0.39 is 12.1 Å². The van der Waals surface area contributed by atoms with Crippen molar-refractivity contribution in [3.05, 3.63) is 73.5 Å². The van der Waals surface area contributed by atoms with Crippen LogP contribution in [0.5, 0.6) is 0 Å². The van der Waals surface area contributed by atoms with E-state index in [0.717, 1.165) is 30.4 Å². The highest BCUT2D eigenvalue weighted by molar-refractivity contribution is 5.85. The van der Waals surface area contributed by atoms with Gasteiger partial charge in [-0.2, -0.15) is 0 Å². The van der Waals surface area contributed by atoms with Crippen LogP contribution in [0.3, 0.4) is 0 Å². The summed E-state index contributed by atoms with van der Waals surface area (Å²) in [5.41, 5.74) is 5.81. The smallest absolute Gasteiger partial charge is 0.340 e. The molecule has 0 bridgehead atoms. The van der Waals surface area contributed by atoms with Crippen LogP contribution in [0.2, 0.25) is 0 Å². The van der Waals surface area contributed by atoms with Crippen LogP contribution in [0.1, 0.15) is 63.0 Å². The summed E-state index contributed by atoms with van der Waals surface area (Å²) >= 11 is 0. The van der Waals surface area contributed by atoms with Crippen molar-refractivity contribution in [1.82, 2.24) is 4.57 Å². The first-order valence-corrected chi connectivity index (χ1v) is 10.4. The van der Waals surface area contributed by atoms with Gasteiger partial charge in [-0.25, -0.2) is 9.18 Å². The predicted octanol–water partition coefficient (Wildman–Crippen LogP) is 4.05. The number of aromatic nitrogens is 1. The molecule has 0 saturated carbocycles. The second-order valence-corrected chi connectivity index (χ2v) is 7.99. The number of aliphatic hydroxyl groups is 1. The molecule has 7 heteroatoms. The Labute approximate surface area is 179 Å². The van der Waals surface area contributed by atoms with Gasteiger partial charge in [-0.15, -0.1) is 0 Å². The Hall–Kier alpha value is -3.06. The lowest BCUT2D eigenvalue weighted by atomic mass is 9.84. The summed E-state index contributed by atoms with van der Waals surface area (Å²) in [4.78, 5) is 29.5. The monoisotopic (exact) mass is 424 g/mol. The molecular formula is C24H25FN2O4. The van der Waals surface area contributed by atoms with Gasteiger partial charge >= 0.3 is 5.97 Å². The summed E-state index contributed by atoms with van der Waals surface area (Å²) in [6.45, 7) is 5.60. The Morgan fingerprint density at radius 1 is 1.32 bits per heavy atom. The van der Waals surface area contributed by atoms with Crippen molar-refractivity contribution in [3.8, 4) is 0 Å². The normalized spacial score (nSPS) is 23.0. The molecule has 0 fully saturated rings. The van der Waals surface area contributed by atoms with E-state index in [4.69, 9.17) is 4.74 Å². The van der Waals surface area contributed by atoms with E-state index in [9.17, 15) is 19.1 Å². The maximum Gasteiger partial charge on any atom is 0.340 e. The van der Waals surface area contributed by atoms with Crippen LogP contribution in [0.15, 0.2) is 56.1 Å². The van der Waals surface area contributed by atoms with Crippen molar-refractivity contribution in [2.45, 2.75) is 59.3 Å². The van der Waals surface area contributed by atoms with Crippen LogP contribution in [0.25, 0.3) is 5.70 Å². The van der Waals surface area contributed by atoms with Crippen molar-refractivity contribution in [2.24, 2.45) is 4.99 Å². The maximum absolute atomic E-state index is 13.3. The van der Waals surface area contributed by atoms with Crippen LogP contribution in [0.4, 0.5) is 4.39 Å². The van der Waals surface area contributed by atoms with E-state index in [1.807, 2.05) is 6.92 Å². The van der Waals surface area contributed by atoms with Gasteiger partial charge in [0.2, 0.25) is 0 Å². The SMILES string of the molecule is C/C=C1\CCCC(C2=C(/N=C/C=C(\C)F)c3cc4c(c(=O)n3C2)COC(=O)[C@H]4O)=C1C. The van der Waals surface area contributed by atoms with Crippen molar-refractivity contribution in [1.29, 1.82) is 0 Å². The Bertz CT molecular complexity index is 1180. The quantitative estimate of drug-likeness (QED) is 0.586. The average Bonchev–Trinajstić information content (AvgIpc) is 3.10. The molecule has 1 N–H and O–H groups in total. The zero-order valence-corrected chi connectivity index (χ0v) is 17.9. The zero-order valence-electron chi connectivity index (χ0n) is 17.9. The number of carbonyl (C=O) groups excluding carboxylic acids is 1. The van der Waals surface area contributed by atoms with Crippen LogP contribution < -0.4 is 5.56 Å². The summed E-state index contributed by atoms with van der Waals surface area (Å²) in [5.74, 6) is -1.15. The molecule has 1 aromatic rings. The summed E-state index contributed by atoms with van der Waals surface area (Å²) in [6.07, 6.45) is 6.12. The molecule has 2 aliphatic heterocycles. The third-order valence-electron chi connectivity index (χ3n) is 6.18. The Morgan fingerprint density at radius 3 is 2.81 bits per heavy atom. The molecule has 162 valence electrons. The third-order valence-corrected chi connectivity index (χ3v) is 6.18. The number of carbonyl (C=O) groups is 1. The summed E-state index contributed by atoms with van der Waals surface area (Å²) < 4.78 is 19.8. The number of hydrogen-bond donors (Lipinski definition) is 1. The second kappa shape index (κ2) is 8.23. The lowest BCUT2D eigenvalue weighted by Crippen LogP contribution is -2.33. The molecule has 0 unspecified atom stereocenters. The lowest BCUT2D eigenvalue weighted by molar-refractivity contribution is -0.157. The number of rotatable bonds is 3. The van der Waals surface area contributed by atoms with Crippen molar-refractivity contribution in [2.75, 3.05) is 0 Å². The maximum atomic E-state index is 13.3. The number of ether oxygens (including phenoxy) is 1. The molecule has 6 nitrogen and oxygen atoms in total. The molecule has 0 radical (unpaired) electrons. The number of aliphatic hydroxyl groups excluding tert-OH is 1. The first kappa shape index (κ1) is 21.2. The minimum Gasteiger partial charge on any atom is -0.458 e. The van der Waals surface area contributed by atoms with Crippen molar-refractivity contribution < 1.29 is 19.0 Å². The van der Waals surface area contributed by atoms with Gasteiger partial charge in [0.25, 0.3) is 5.56 Å². The number of cyclic esters (lactones) is 1. The molecular weight excluding hydrogens is 399 g/mol. The highest BCUT2D eigenvalue weighted by Crippen LogP contribution is 2.41. The standard InChI is InChI=1S/C24H25FN2O4/c1-4-15-6-5-7-16(14(15)3)18-11-27-20(21(18)26-9-8-13(2)25)10-17-19(23(27)29)12-31-24(30)22(17)28/h4,8-10,22,28H,5-7,11-12H2,1-3H3/b13-8+,15-4+,26-9+/t22-/m0/s1. The summed E-state index contributed by atoms with van der Waals surface area (Å²) in [7, 11) is 0. The number of allylic oxidation sites excluding steroid dienone is 7. The van der Waals surface area contributed by atoms with E-state index in [1.165, 1.54) is 30.4 Å². The highest BCUT2D eigenvalue weighted by Gasteiger charge is 2.35. The van der Waals surface area contributed by atoms with Gasteiger partial charge in [0, 0.05) is 17.4 Å². The van der Waals surface area contributed by atoms with Gasteiger partial charge in [0.15, 0.2) is 6.10 Å². The predicted molar refractivity (Wildman–Crippen MR) is 116 cm³/mol. The molecule has 1 atom stereocenters. The molecule has 31 heavy (non-hydrogen) atoms. The molecule has 0 amide bonds. The zero-order chi connectivity index (χ0) is 22.3. The number of aliphatic imine (C=N–C) groups is 1. The van der Waals surface area contributed by atoms with Crippen LogP contribution in [-0.2, 0) is 22.7 Å². The first-order valence-electron chi connectivity index (χ1n) is 10.4. The van der Waals surface area contributed by atoms with Crippen LogP contribution in [-0.4, -0.2) is 21.9 Å². The van der Waals surface area contributed by atoms with Crippen LogP contribution in [0, 0.1) is 0 Å². The molecule has 0 aromatic carbocycles. The van der Waals surface area contributed by atoms with Gasteiger partial charge in [-0.05, 0) is 68.9 Å². The minimum absolute atomic E-state index is 0.160. The first-order chi connectivity index (χ1) is 14.8. The highest BCUT2D eigenvalue weighted by atomic mass is 19.1. The Balaban J connectivity index is 1.94. The number of halogens is 1. The number of fused-ring (bicyclic) bond motifs is 2. The van der Waals surface area contributed by atoms with Crippen molar-refractivity contribution in [3.63, 3.8) is 0 Å². The molecule has 0 spiro atoms. The van der Waals surface area contributed by atoms with Gasteiger partial charge < -0.3 is 14.4 Å². The van der Waals surface area contributed by atoms with E-state index >= 15 is 0 Å². The Kier molecular flexibility index (Phi) is 5.62. The van der Waals surface area contributed by atoms with E-state index in [-0.39, 0.29) is 29.1 Å². The van der Waals surface area contributed by atoms with Crippen LogP contribution >= 0.6 is 0 Å². The lowest BCUT2D eigenvalue weighted by Gasteiger charge is -2.22. The largest absolute Gasteiger partial charge is 0.458 e. The third kappa shape index (κ3) is 3.63. The molecule has 1 aliphatic carbocycles. The van der Waals surface area contributed by atoms with Gasteiger partial charge in [-0.1, -0.05) is 6.08 Å². The van der Waals surface area contributed by atoms with E-state index in [1.54, 1.807) is 10.6 Å². The van der Waals surface area contributed by atoms with E-state index in [2.05, 4.69) is 18.0 Å². The number of pyridine rings is 1. The summed E-state index contributed by atoms with van der Waals surface area (Å²) in [5, 5.41) is 10.3. The number of nitrogens with zero attached hydrogens (tertiary/aromatic N) is 2. The van der Waals surface area contributed by atoms with Crippen molar-refractivity contribution >= 4 is 17.9 Å². The number of esters is 1. The number of hydrogen-bond acceptors (Lipinski definition) is 5. The minimum atomic E-state index is -1.50. The molecule has 1 aromatic heterocycles. The van der Waals surface area contributed by atoms with Gasteiger partial charge in [0.05, 0.1) is 29.3 Å². The fourth-order valence-electron chi connectivity index (χ4n) is 4.55. The van der Waals surface area contributed by atoms with E-state index in [0.29, 0.717) is 17.9 Å². The average molecular weight is 424 g/mol. The molecule has 3 aliphatic rings. The molecule has 0 saturated heterocycles. The molecule has 4 rings (SSSR count). The fourth-order valence-corrected chi connectivity index (χ4v) is 4.55. The second-order valence-electron chi connectivity index (χ2n) is 7.99. The van der Waals surface area contributed by atoms with Gasteiger partial charge in [0.1, 0.15) is 6.61 Å². The molecule has 3 heterocycles. The summed E-state index contributed by atoms with van der Waals surface area (Å²) in [6, 6.07) is 1.64. The fraction of sp³-hybridized carbons (Fsp3) is 0.375. The van der Waals surface area contributed by atoms with Gasteiger partial charge in [-0.3, -0.25) is 9.79 Å². The topological polar surface area (TPSA) is 80.9 Å².